The molecule has 0 spiro atoms. The summed E-state index contributed by atoms with van der Waals surface area (Å²) in [5.41, 5.74) is 3.40. The van der Waals surface area contributed by atoms with Crippen LogP contribution in [0.1, 0.15) is 45.8 Å². The van der Waals surface area contributed by atoms with Gasteiger partial charge in [0, 0.05) is 23.5 Å². The van der Waals surface area contributed by atoms with Crippen LogP contribution in [-0.2, 0) is 6.54 Å². The van der Waals surface area contributed by atoms with Crippen LogP contribution in [0.15, 0.2) is 6.07 Å². The first-order valence-corrected chi connectivity index (χ1v) is 7.94. The fourth-order valence-corrected chi connectivity index (χ4v) is 4.50. The lowest BCUT2D eigenvalue weighted by atomic mass is 9.99. The van der Waals surface area contributed by atoms with Gasteiger partial charge in [-0.1, -0.05) is 0 Å². The number of rotatable bonds is 3. The third kappa shape index (κ3) is 2.48. The third-order valence-electron chi connectivity index (χ3n) is 4.59. The number of hydrogen-bond donors (Lipinski definition) is 3. The van der Waals surface area contributed by atoms with Gasteiger partial charge in [-0.15, -0.1) is 11.3 Å². The minimum Gasteiger partial charge on any atom is -0.393 e. The first-order valence-electron chi connectivity index (χ1n) is 7.12. The molecule has 2 aliphatic rings. The Hall–Kier alpha value is -0.950. The Labute approximate surface area is 122 Å². The van der Waals surface area contributed by atoms with Crippen molar-refractivity contribution < 1.29 is 9.90 Å². The van der Waals surface area contributed by atoms with E-state index in [2.05, 4.69) is 10.3 Å². The maximum atomic E-state index is 11.6. The number of nitrogens with two attached hydrogens (primary N) is 1. The minimum absolute atomic E-state index is 0.133. The van der Waals surface area contributed by atoms with Gasteiger partial charge in [0.1, 0.15) is 0 Å². The van der Waals surface area contributed by atoms with Crippen molar-refractivity contribution in [3.63, 3.8) is 0 Å². The van der Waals surface area contributed by atoms with E-state index in [9.17, 15) is 9.90 Å². The van der Waals surface area contributed by atoms with E-state index in [-0.39, 0.29) is 12.0 Å². The number of hydrazine groups is 1. The Morgan fingerprint density at radius 2 is 2.15 bits per heavy atom. The second kappa shape index (κ2) is 5.44. The molecule has 110 valence electrons. The van der Waals surface area contributed by atoms with Crippen molar-refractivity contribution in [2.75, 3.05) is 0 Å². The molecule has 3 rings (SSSR count). The van der Waals surface area contributed by atoms with Crippen molar-refractivity contribution in [3.8, 4) is 0 Å². The zero-order valence-corrected chi connectivity index (χ0v) is 12.4. The molecule has 2 bridgehead atoms. The van der Waals surface area contributed by atoms with Crippen LogP contribution < -0.4 is 11.3 Å². The average Bonchev–Trinajstić information content (AvgIpc) is 2.89. The van der Waals surface area contributed by atoms with Gasteiger partial charge in [0.05, 0.1) is 11.0 Å². The molecule has 1 amide bonds. The van der Waals surface area contributed by atoms with Gasteiger partial charge in [-0.2, -0.15) is 0 Å². The highest BCUT2D eigenvalue weighted by atomic mass is 32.1. The molecule has 5 nitrogen and oxygen atoms in total. The molecule has 2 unspecified atom stereocenters. The van der Waals surface area contributed by atoms with Crippen molar-refractivity contribution in [2.24, 2.45) is 5.84 Å². The van der Waals surface area contributed by atoms with Crippen molar-refractivity contribution in [3.05, 3.63) is 21.4 Å². The van der Waals surface area contributed by atoms with Gasteiger partial charge in [-0.3, -0.25) is 15.1 Å². The van der Waals surface area contributed by atoms with E-state index in [1.165, 1.54) is 34.6 Å². The molecular weight excluding hydrogens is 274 g/mol. The van der Waals surface area contributed by atoms with Crippen LogP contribution in [0.5, 0.6) is 0 Å². The summed E-state index contributed by atoms with van der Waals surface area (Å²) < 4.78 is 0. The highest BCUT2D eigenvalue weighted by Gasteiger charge is 2.40. The molecule has 4 N–H and O–H groups in total. The number of nitrogens with one attached hydrogen (secondary N) is 1. The second-order valence-electron chi connectivity index (χ2n) is 5.85. The molecule has 1 aromatic heterocycles. The second-order valence-corrected chi connectivity index (χ2v) is 7.10. The normalized spacial score (nSPS) is 29.6. The lowest BCUT2D eigenvalue weighted by Gasteiger charge is -2.37. The molecule has 2 aliphatic heterocycles. The number of amides is 1. The molecule has 6 heteroatoms. The van der Waals surface area contributed by atoms with Crippen LogP contribution in [0.3, 0.4) is 0 Å². The summed E-state index contributed by atoms with van der Waals surface area (Å²) in [5.74, 6) is 4.97. The van der Waals surface area contributed by atoms with Crippen molar-refractivity contribution in [1.82, 2.24) is 10.3 Å². The fraction of sp³-hybridized carbons (Fsp3) is 0.643. The van der Waals surface area contributed by atoms with Crippen LogP contribution >= 0.6 is 11.3 Å². The number of hydrogen-bond acceptors (Lipinski definition) is 5. The molecular formula is C14H21N3O2S. The molecule has 0 aliphatic carbocycles. The third-order valence-corrected chi connectivity index (χ3v) is 5.68. The number of fused-ring (bicyclic) bond motifs is 2. The number of carbonyl (C=O) groups excluding carboxylic acids is 1. The lowest BCUT2D eigenvalue weighted by Crippen LogP contribution is -2.44. The summed E-state index contributed by atoms with van der Waals surface area (Å²) in [6, 6.07) is 2.94. The van der Waals surface area contributed by atoms with Gasteiger partial charge in [-0.05, 0) is 44.2 Å². The van der Waals surface area contributed by atoms with Crippen LogP contribution in [0.25, 0.3) is 0 Å². The molecule has 3 heterocycles. The standard InChI is InChI=1S/C14H21N3O2S/c1-8-9(4-13(20-8)14(19)16-15)7-17-10-2-3-11(17)6-12(18)5-10/h4,10-12,18H,2-3,5-7,15H2,1H3,(H,16,19). The SMILES string of the molecule is Cc1sc(C(=O)NN)cc1CN1C2CCC1CC(O)C2. The van der Waals surface area contributed by atoms with E-state index in [0.29, 0.717) is 17.0 Å². The maximum absolute atomic E-state index is 11.6. The fourth-order valence-electron chi connectivity index (χ4n) is 3.56. The Balaban J connectivity index is 1.75. The van der Waals surface area contributed by atoms with Crippen molar-refractivity contribution >= 4 is 17.2 Å². The van der Waals surface area contributed by atoms with Crippen LogP contribution in [0, 0.1) is 6.92 Å². The van der Waals surface area contributed by atoms with Crippen molar-refractivity contribution in [2.45, 2.75) is 57.3 Å². The van der Waals surface area contributed by atoms with Gasteiger partial charge in [0.15, 0.2) is 0 Å². The highest BCUT2D eigenvalue weighted by molar-refractivity contribution is 7.14. The largest absolute Gasteiger partial charge is 0.393 e. The topological polar surface area (TPSA) is 78.6 Å². The zero-order chi connectivity index (χ0) is 14.3. The monoisotopic (exact) mass is 295 g/mol. The predicted molar refractivity (Wildman–Crippen MR) is 78.3 cm³/mol. The Kier molecular flexibility index (Phi) is 3.81. The van der Waals surface area contributed by atoms with Gasteiger partial charge in [-0.25, -0.2) is 5.84 Å². The first-order chi connectivity index (χ1) is 9.58. The number of piperidine rings is 1. The molecule has 1 aromatic rings. The van der Waals surface area contributed by atoms with E-state index in [4.69, 9.17) is 5.84 Å². The van der Waals surface area contributed by atoms with Crippen LogP contribution in [0.4, 0.5) is 0 Å². The number of thiophene rings is 1. The summed E-state index contributed by atoms with van der Waals surface area (Å²) in [5, 5.41) is 9.85. The van der Waals surface area contributed by atoms with Crippen LogP contribution in [-0.4, -0.2) is 34.1 Å². The number of aryl methyl sites for hydroxylation is 1. The van der Waals surface area contributed by atoms with E-state index in [0.717, 1.165) is 19.4 Å². The van der Waals surface area contributed by atoms with Gasteiger partial charge in [0.2, 0.25) is 0 Å². The molecule has 2 atom stereocenters. The molecule has 0 radical (unpaired) electrons. The van der Waals surface area contributed by atoms with E-state index < -0.39 is 0 Å². The quantitative estimate of drug-likeness (QED) is 0.444. The predicted octanol–water partition coefficient (Wildman–Crippen LogP) is 1.15. The molecule has 0 aromatic carbocycles. The average molecular weight is 295 g/mol. The van der Waals surface area contributed by atoms with E-state index in [1.807, 2.05) is 13.0 Å². The molecule has 2 saturated heterocycles. The number of aliphatic hydroxyl groups excluding tert-OH is 1. The summed E-state index contributed by atoms with van der Waals surface area (Å²) in [4.78, 5) is 15.9. The van der Waals surface area contributed by atoms with Gasteiger partial charge >= 0.3 is 0 Å². The number of aliphatic hydroxyl groups is 1. The Morgan fingerprint density at radius 1 is 1.50 bits per heavy atom. The minimum atomic E-state index is -0.221. The lowest BCUT2D eigenvalue weighted by molar-refractivity contribution is 0.0310. The first kappa shape index (κ1) is 14.0. The smallest absolute Gasteiger partial charge is 0.275 e. The van der Waals surface area contributed by atoms with Crippen molar-refractivity contribution in [1.29, 1.82) is 0 Å². The molecule has 2 fully saturated rings. The molecule has 20 heavy (non-hydrogen) atoms. The number of carbonyl (C=O) groups is 1. The molecule has 0 saturated carbocycles. The van der Waals surface area contributed by atoms with E-state index in [1.54, 1.807) is 0 Å². The Bertz CT molecular complexity index is 503. The summed E-state index contributed by atoms with van der Waals surface area (Å²) in [7, 11) is 0. The maximum Gasteiger partial charge on any atom is 0.275 e. The van der Waals surface area contributed by atoms with Crippen LogP contribution in [0.2, 0.25) is 0 Å². The highest BCUT2D eigenvalue weighted by Crippen LogP contribution is 2.37. The number of nitrogen functional groups attached to an aromatic ring is 1. The number of nitrogens with zero attached hydrogens (tertiary/aromatic N) is 1. The zero-order valence-electron chi connectivity index (χ0n) is 11.6. The Morgan fingerprint density at radius 3 is 2.75 bits per heavy atom. The van der Waals surface area contributed by atoms with Gasteiger partial charge in [0.25, 0.3) is 5.91 Å². The summed E-state index contributed by atoms with van der Waals surface area (Å²) in [6.07, 6.45) is 4.00. The van der Waals surface area contributed by atoms with Gasteiger partial charge < -0.3 is 5.11 Å². The summed E-state index contributed by atoms with van der Waals surface area (Å²) >= 11 is 1.49. The van der Waals surface area contributed by atoms with E-state index >= 15 is 0 Å². The summed E-state index contributed by atoms with van der Waals surface area (Å²) in [6.45, 7) is 2.93.